The van der Waals surface area contributed by atoms with Crippen LogP contribution >= 0.6 is 0 Å². The molecule has 2 saturated heterocycles. The van der Waals surface area contributed by atoms with Gasteiger partial charge >= 0.3 is 0 Å². The van der Waals surface area contributed by atoms with Gasteiger partial charge in [0.15, 0.2) is 12.6 Å². The Kier molecular flexibility index (Phi) is 8.34. The zero-order valence-electron chi connectivity index (χ0n) is 12.5. The lowest BCUT2D eigenvalue weighted by atomic mass is 10.00. The normalized spacial score (nSPS) is 49.2. The zero-order valence-corrected chi connectivity index (χ0v) is 12.5. The molecule has 0 saturated carbocycles. The smallest absolute Gasteiger partial charge is 0.184 e. The first kappa shape index (κ1) is 21.6. The van der Waals surface area contributed by atoms with Gasteiger partial charge < -0.3 is 60.5 Å². The van der Waals surface area contributed by atoms with Crippen LogP contribution in [0.15, 0.2) is 0 Å². The molecule has 2 rings (SSSR count). The lowest BCUT2D eigenvalue weighted by Crippen LogP contribution is -2.58. The van der Waals surface area contributed by atoms with Crippen molar-refractivity contribution in [2.24, 2.45) is 0 Å². The van der Waals surface area contributed by atoms with Crippen LogP contribution in [0.5, 0.6) is 0 Å². The maximum atomic E-state index is 9.12. The summed E-state index contributed by atoms with van der Waals surface area (Å²) in [5, 5.41) is 89.3. The molecule has 12 nitrogen and oxygen atoms in total. The van der Waals surface area contributed by atoms with Crippen molar-refractivity contribution in [3.63, 3.8) is 0 Å². The summed E-state index contributed by atoms with van der Waals surface area (Å²) in [4.78, 5) is 0. The molecule has 10 N–H and O–H groups in total. The van der Waals surface area contributed by atoms with Gasteiger partial charge in [-0.15, -0.1) is 0 Å². The Morgan fingerprint density at radius 3 is 1.00 bits per heavy atom. The Hall–Kier alpha value is -0.480. The quantitative estimate of drug-likeness (QED) is 0.222. The largest absolute Gasteiger partial charge is 0.394 e. The van der Waals surface area contributed by atoms with Crippen molar-refractivity contribution in [2.45, 2.75) is 61.4 Å². The van der Waals surface area contributed by atoms with Crippen molar-refractivity contribution in [3.05, 3.63) is 0 Å². The van der Waals surface area contributed by atoms with Crippen LogP contribution in [0.2, 0.25) is 0 Å². The van der Waals surface area contributed by atoms with Gasteiger partial charge in [-0.25, -0.2) is 0 Å². The molecule has 0 radical (unpaired) electrons. The third kappa shape index (κ3) is 4.78. The summed E-state index contributed by atoms with van der Waals surface area (Å²) in [6.07, 6.45) is -14.1. The maximum Gasteiger partial charge on any atom is 0.184 e. The highest BCUT2D eigenvalue weighted by atomic mass is 16.6. The minimum Gasteiger partial charge on any atom is -0.394 e. The molecule has 0 aromatic heterocycles. The van der Waals surface area contributed by atoms with E-state index in [4.69, 9.17) is 51.1 Å². The van der Waals surface area contributed by atoms with Crippen molar-refractivity contribution in [3.8, 4) is 0 Å². The van der Waals surface area contributed by atoms with E-state index in [0.29, 0.717) is 0 Å². The van der Waals surface area contributed by atoms with Gasteiger partial charge in [0.05, 0.1) is 13.2 Å². The van der Waals surface area contributed by atoms with Gasteiger partial charge in [-0.2, -0.15) is 0 Å². The van der Waals surface area contributed by atoms with E-state index in [-0.39, 0.29) is 0 Å². The summed E-state index contributed by atoms with van der Waals surface area (Å²) in [6, 6.07) is 0. The van der Waals surface area contributed by atoms with Gasteiger partial charge in [0.25, 0.3) is 0 Å². The van der Waals surface area contributed by atoms with Crippen LogP contribution in [0, 0.1) is 0 Å². The molecule has 0 aliphatic carbocycles. The second-order valence-corrected chi connectivity index (χ2v) is 5.44. The molecule has 0 spiro atoms. The zero-order chi connectivity index (χ0) is 18.6. The van der Waals surface area contributed by atoms with Gasteiger partial charge in [0, 0.05) is 0 Å². The second-order valence-electron chi connectivity index (χ2n) is 5.44. The lowest BCUT2D eigenvalue weighted by Gasteiger charge is -2.37. The van der Waals surface area contributed by atoms with Gasteiger partial charge in [-0.05, 0) is 0 Å². The van der Waals surface area contributed by atoms with E-state index in [9.17, 15) is 0 Å². The lowest BCUT2D eigenvalue weighted by molar-refractivity contribution is -0.286. The van der Waals surface area contributed by atoms with Crippen molar-refractivity contribution >= 4 is 0 Å². The van der Waals surface area contributed by atoms with Crippen LogP contribution in [0.1, 0.15) is 0 Å². The maximum absolute atomic E-state index is 9.12. The monoisotopic (exact) mass is 360 g/mol. The van der Waals surface area contributed by atoms with Crippen LogP contribution in [-0.2, 0) is 9.47 Å². The molecule has 2 fully saturated rings. The molecular weight excluding hydrogens is 336 g/mol. The Morgan fingerprint density at radius 1 is 0.458 bits per heavy atom. The average molecular weight is 360 g/mol. The summed E-state index contributed by atoms with van der Waals surface area (Å²) in [7, 11) is 0. The van der Waals surface area contributed by atoms with Crippen LogP contribution in [0.3, 0.4) is 0 Å². The Morgan fingerprint density at radius 2 is 0.750 bits per heavy atom. The predicted molar refractivity (Wildman–Crippen MR) is 72.0 cm³/mol. The molecule has 2 aliphatic rings. The number of rotatable bonds is 2. The summed E-state index contributed by atoms with van der Waals surface area (Å²) in [5.41, 5.74) is 0. The Bertz CT molecular complexity index is 326. The number of aliphatic hydroxyl groups excluding tert-OH is 10. The van der Waals surface area contributed by atoms with E-state index >= 15 is 0 Å². The molecule has 0 bridgehead atoms. The molecule has 12 heteroatoms. The molecule has 0 aromatic carbocycles. The fourth-order valence-corrected chi connectivity index (χ4v) is 2.16. The summed E-state index contributed by atoms with van der Waals surface area (Å²) >= 11 is 0. The van der Waals surface area contributed by atoms with E-state index in [1.807, 2.05) is 0 Å². The molecule has 0 unspecified atom stereocenters. The summed E-state index contributed by atoms with van der Waals surface area (Å²) in [6.45, 7) is -1.05. The highest BCUT2D eigenvalue weighted by Crippen LogP contribution is 2.19. The SMILES string of the molecule is OC[C@H]1O[C@@H](O)[C@@H](O)[C@@H](O)[C@@H]1O.OC[C@H]1O[C@H](O)[C@H](O)[C@@H](O)[C@H]1O. The van der Waals surface area contributed by atoms with Gasteiger partial charge in [0.2, 0.25) is 0 Å². The fraction of sp³-hybridized carbons (Fsp3) is 1.00. The van der Waals surface area contributed by atoms with E-state index in [0.717, 1.165) is 0 Å². The standard InChI is InChI=1S/2C6H12O6/c2*7-1-2-3(8)4(9)5(10)6(11)12-2/h2*2-11H,1H2/t2-,3+,4+,5-,6+;2-,3-,4+,5+,6-/m11/s1. The number of aliphatic hydroxyl groups is 10. The predicted octanol–water partition coefficient (Wildman–Crippen LogP) is -6.44. The van der Waals surface area contributed by atoms with Gasteiger partial charge in [-0.1, -0.05) is 0 Å². The number of hydrogen-bond acceptors (Lipinski definition) is 12. The molecule has 10 atom stereocenters. The minimum atomic E-state index is -1.57. The Balaban J connectivity index is 0.000000240. The Labute approximate surface area is 136 Å². The van der Waals surface area contributed by atoms with Crippen molar-refractivity contribution < 1.29 is 60.5 Å². The van der Waals surface area contributed by atoms with Crippen molar-refractivity contribution in [2.75, 3.05) is 13.2 Å². The van der Waals surface area contributed by atoms with E-state index in [1.54, 1.807) is 0 Å². The topological polar surface area (TPSA) is 221 Å². The molecule has 0 amide bonds. The first-order chi connectivity index (χ1) is 11.1. The molecular formula is C12H24O12. The first-order valence-electron chi connectivity index (χ1n) is 7.12. The number of ether oxygens (including phenoxy) is 2. The molecule has 2 aliphatic heterocycles. The van der Waals surface area contributed by atoms with Gasteiger partial charge in [0.1, 0.15) is 48.8 Å². The highest BCUT2D eigenvalue weighted by molar-refractivity contribution is 4.88. The third-order valence-electron chi connectivity index (χ3n) is 3.73. The van der Waals surface area contributed by atoms with Crippen molar-refractivity contribution in [1.29, 1.82) is 0 Å². The van der Waals surface area contributed by atoms with Gasteiger partial charge in [-0.3, -0.25) is 0 Å². The molecule has 2 heterocycles. The third-order valence-corrected chi connectivity index (χ3v) is 3.73. The first-order valence-corrected chi connectivity index (χ1v) is 7.12. The van der Waals surface area contributed by atoms with Crippen LogP contribution in [0.25, 0.3) is 0 Å². The summed E-state index contributed by atoms with van der Waals surface area (Å²) in [5.74, 6) is 0. The molecule has 144 valence electrons. The van der Waals surface area contributed by atoms with Crippen molar-refractivity contribution in [1.82, 2.24) is 0 Å². The highest BCUT2D eigenvalue weighted by Gasteiger charge is 2.43. The average Bonchev–Trinajstić information content (AvgIpc) is 2.58. The minimum absolute atomic E-state index is 0.526. The molecule has 0 aromatic rings. The fourth-order valence-electron chi connectivity index (χ4n) is 2.16. The van der Waals surface area contributed by atoms with E-state index in [2.05, 4.69) is 9.47 Å². The summed E-state index contributed by atoms with van der Waals surface area (Å²) < 4.78 is 9.15. The van der Waals surface area contributed by atoms with E-state index < -0.39 is 74.6 Å². The van der Waals surface area contributed by atoms with Crippen LogP contribution in [-0.4, -0.2) is 126 Å². The number of hydrogen-bond donors (Lipinski definition) is 10. The molecule has 24 heavy (non-hydrogen) atoms. The van der Waals surface area contributed by atoms with E-state index in [1.165, 1.54) is 0 Å². The van der Waals surface area contributed by atoms with Crippen LogP contribution < -0.4 is 0 Å². The van der Waals surface area contributed by atoms with Crippen LogP contribution in [0.4, 0.5) is 0 Å². The second kappa shape index (κ2) is 9.28.